The first-order chi connectivity index (χ1) is 9.08. The number of hydrogen-bond donors (Lipinski definition) is 0. The molecule has 4 heteroatoms. The third kappa shape index (κ3) is 3.99. The molecule has 0 saturated carbocycles. The van der Waals surface area contributed by atoms with Crippen LogP contribution in [0.5, 0.6) is 0 Å². The molecule has 1 aliphatic rings. The summed E-state index contributed by atoms with van der Waals surface area (Å²) < 4.78 is 32.6. The van der Waals surface area contributed by atoms with E-state index in [9.17, 15) is 8.78 Å². The van der Waals surface area contributed by atoms with Gasteiger partial charge in [-0.2, -0.15) is 0 Å². The van der Waals surface area contributed by atoms with E-state index >= 15 is 0 Å². The van der Waals surface area contributed by atoms with Gasteiger partial charge in [0.25, 0.3) is 0 Å². The number of alkyl halides is 1. The van der Waals surface area contributed by atoms with Gasteiger partial charge in [-0.05, 0) is 50.7 Å². The molecule has 0 aromatic heterocycles. The number of halogens is 3. The van der Waals surface area contributed by atoms with Crippen LogP contribution in [0, 0.1) is 18.6 Å². The highest BCUT2D eigenvalue weighted by atomic mass is 79.9. The van der Waals surface area contributed by atoms with E-state index in [1.165, 1.54) is 6.42 Å². The van der Waals surface area contributed by atoms with E-state index < -0.39 is 11.6 Å². The summed E-state index contributed by atoms with van der Waals surface area (Å²) in [7, 11) is 0. The Hall–Kier alpha value is -0.480. The summed E-state index contributed by atoms with van der Waals surface area (Å²) in [4.78, 5) is -0.0858. The first-order valence-electron chi connectivity index (χ1n) is 6.79. The molecule has 0 radical (unpaired) electrons. The smallest absolute Gasteiger partial charge is 0.130 e. The summed E-state index contributed by atoms with van der Waals surface area (Å²) in [5.74, 6) is -0.967. The molecule has 2 rings (SSSR count). The normalized spacial score (nSPS) is 21.4. The van der Waals surface area contributed by atoms with Crippen LogP contribution in [-0.4, -0.2) is 12.7 Å². The predicted molar refractivity (Wildman–Crippen MR) is 75.6 cm³/mol. The van der Waals surface area contributed by atoms with Crippen LogP contribution in [0.25, 0.3) is 0 Å². The van der Waals surface area contributed by atoms with Crippen LogP contribution < -0.4 is 0 Å². The third-order valence-electron chi connectivity index (χ3n) is 3.63. The third-order valence-corrected chi connectivity index (χ3v) is 4.58. The lowest BCUT2D eigenvalue weighted by atomic mass is 10.00. The van der Waals surface area contributed by atoms with Crippen molar-refractivity contribution in [3.8, 4) is 0 Å². The maximum absolute atomic E-state index is 13.7. The fourth-order valence-electron chi connectivity index (χ4n) is 2.44. The second-order valence-corrected chi connectivity index (χ2v) is 6.26. The number of rotatable bonds is 4. The van der Waals surface area contributed by atoms with E-state index in [-0.39, 0.29) is 4.83 Å². The highest BCUT2D eigenvalue weighted by molar-refractivity contribution is 9.09. The molecule has 1 nitrogen and oxygen atoms in total. The van der Waals surface area contributed by atoms with Gasteiger partial charge >= 0.3 is 0 Å². The van der Waals surface area contributed by atoms with Crippen molar-refractivity contribution < 1.29 is 13.5 Å². The van der Waals surface area contributed by atoms with Gasteiger partial charge < -0.3 is 4.74 Å². The summed E-state index contributed by atoms with van der Waals surface area (Å²) in [5.41, 5.74) is 1.02. The predicted octanol–water partition coefficient (Wildman–Crippen LogP) is 5.06. The maximum Gasteiger partial charge on any atom is 0.130 e. The Bertz CT molecular complexity index is 430. The molecule has 0 N–H and O–H groups in total. The van der Waals surface area contributed by atoms with Crippen molar-refractivity contribution in [1.29, 1.82) is 0 Å². The topological polar surface area (TPSA) is 9.23 Å². The zero-order valence-corrected chi connectivity index (χ0v) is 12.7. The van der Waals surface area contributed by atoms with Gasteiger partial charge in [0.05, 0.1) is 6.10 Å². The fraction of sp³-hybridized carbons (Fsp3) is 0.600. The molecular formula is C15H19BrF2O. The second-order valence-electron chi connectivity index (χ2n) is 5.16. The molecule has 1 aromatic carbocycles. The number of hydrogen-bond acceptors (Lipinski definition) is 1. The number of aryl methyl sites for hydroxylation is 1. The van der Waals surface area contributed by atoms with E-state index in [4.69, 9.17) is 4.74 Å². The Kier molecular flexibility index (Phi) is 5.34. The van der Waals surface area contributed by atoms with E-state index in [0.717, 1.165) is 38.4 Å². The molecular weight excluding hydrogens is 314 g/mol. The van der Waals surface area contributed by atoms with Crippen LogP contribution in [0.3, 0.4) is 0 Å². The molecule has 1 aromatic rings. The summed E-state index contributed by atoms with van der Waals surface area (Å²) in [6.45, 7) is 2.49. The first-order valence-corrected chi connectivity index (χ1v) is 7.70. The van der Waals surface area contributed by atoms with E-state index in [1.54, 1.807) is 13.0 Å². The van der Waals surface area contributed by atoms with Crippen LogP contribution in [-0.2, 0) is 4.74 Å². The van der Waals surface area contributed by atoms with E-state index in [0.29, 0.717) is 17.2 Å². The molecule has 0 aliphatic carbocycles. The van der Waals surface area contributed by atoms with Gasteiger partial charge in [0.15, 0.2) is 0 Å². The van der Waals surface area contributed by atoms with Gasteiger partial charge in [0.1, 0.15) is 11.6 Å². The van der Waals surface area contributed by atoms with Gasteiger partial charge in [-0.15, -0.1) is 0 Å². The Morgan fingerprint density at radius 3 is 2.79 bits per heavy atom. The molecule has 106 valence electrons. The molecule has 0 bridgehead atoms. The van der Waals surface area contributed by atoms with Crippen LogP contribution in [0.1, 0.15) is 48.1 Å². The van der Waals surface area contributed by atoms with Crippen molar-refractivity contribution >= 4 is 15.9 Å². The summed E-state index contributed by atoms with van der Waals surface area (Å²) in [6, 6.07) is 2.56. The minimum absolute atomic E-state index is 0.0858. The minimum atomic E-state index is -0.489. The molecule has 1 aliphatic heterocycles. The molecule has 0 spiro atoms. The monoisotopic (exact) mass is 332 g/mol. The Morgan fingerprint density at radius 2 is 2.11 bits per heavy atom. The first kappa shape index (κ1) is 14.9. The largest absolute Gasteiger partial charge is 0.378 e. The van der Waals surface area contributed by atoms with Gasteiger partial charge in [0, 0.05) is 23.1 Å². The lowest BCUT2D eigenvalue weighted by molar-refractivity contribution is 0.0101. The van der Waals surface area contributed by atoms with Gasteiger partial charge in [-0.3, -0.25) is 0 Å². The molecule has 1 saturated heterocycles. The molecule has 2 unspecified atom stereocenters. The SMILES string of the molecule is Cc1cc(C(Br)CCC2CCCCO2)c(F)cc1F. The summed E-state index contributed by atoms with van der Waals surface area (Å²) >= 11 is 3.50. The fourth-order valence-corrected chi connectivity index (χ4v) is 3.06. The lowest BCUT2D eigenvalue weighted by Crippen LogP contribution is -2.19. The molecule has 0 amide bonds. The average molecular weight is 333 g/mol. The zero-order chi connectivity index (χ0) is 13.8. The molecule has 1 fully saturated rings. The van der Waals surface area contributed by atoms with Gasteiger partial charge in [-0.25, -0.2) is 8.78 Å². The van der Waals surface area contributed by atoms with Crippen LogP contribution in [0.4, 0.5) is 8.78 Å². The van der Waals surface area contributed by atoms with E-state index in [2.05, 4.69) is 15.9 Å². The highest BCUT2D eigenvalue weighted by Crippen LogP contribution is 2.33. The van der Waals surface area contributed by atoms with Crippen molar-refractivity contribution in [3.05, 3.63) is 34.9 Å². The maximum atomic E-state index is 13.7. The molecule has 1 heterocycles. The quantitative estimate of drug-likeness (QED) is 0.700. The zero-order valence-electron chi connectivity index (χ0n) is 11.1. The molecule has 2 atom stereocenters. The second kappa shape index (κ2) is 6.80. The van der Waals surface area contributed by atoms with Gasteiger partial charge in [0.2, 0.25) is 0 Å². The lowest BCUT2D eigenvalue weighted by Gasteiger charge is -2.23. The highest BCUT2D eigenvalue weighted by Gasteiger charge is 2.19. The van der Waals surface area contributed by atoms with Crippen LogP contribution in [0.15, 0.2) is 12.1 Å². The van der Waals surface area contributed by atoms with Crippen molar-refractivity contribution in [2.45, 2.75) is 50.0 Å². The van der Waals surface area contributed by atoms with Crippen LogP contribution in [0.2, 0.25) is 0 Å². The van der Waals surface area contributed by atoms with Crippen molar-refractivity contribution in [1.82, 2.24) is 0 Å². The standard InChI is InChI=1S/C15H19BrF2O/c1-10-8-12(15(18)9-14(10)17)13(16)6-5-11-4-2-3-7-19-11/h8-9,11,13H,2-7H2,1H3. The summed E-state index contributed by atoms with van der Waals surface area (Å²) in [5, 5.41) is 0. The number of benzene rings is 1. The average Bonchev–Trinajstić information content (AvgIpc) is 2.41. The van der Waals surface area contributed by atoms with E-state index in [1.807, 2.05) is 0 Å². The number of ether oxygens (including phenoxy) is 1. The Labute approximate surface area is 121 Å². The van der Waals surface area contributed by atoms with Crippen molar-refractivity contribution in [2.24, 2.45) is 0 Å². The van der Waals surface area contributed by atoms with Crippen molar-refractivity contribution in [3.63, 3.8) is 0 Å². The molecule has 19 heavy (non-hydrogen) atoms. The minimum Gasteiger partial charge on any atom is -0.378 e. The Morgan fingerprint density at radius 1 is 1.32 bits per heavy atom. The Balaban J connectivity index is 1.95. The van der Waals surface area contributed by atoms with Crippen LogP contribution >= 0.6 is 15.9 Å². The summed E-state index contributed by atoms with van der Waals surface area (Å²) in [6.07, 6.45) is 5.43. The van der Waals surface area contributed by atoms with Crippen molar-refractivity contribution in [2.75, 3.05) is 6.61 Å². The van der Waals surface area contributed by atoms with Gasteiger partial charge in [-0.1, -0.05) is 15.9 Å².